The van der Waals surface area contributed by atoms with Crippen LogP contribution in [0.2, 0.25) is 0 Å². The third kappa shape index (κ3) is 1.87. The van der Waals surface area contributed by atoms with E-state index in [0.29, 0.717) is 17.3 Å². The van der Waals surface area contributed by atoms with Crippen LogP contribution in [0.25, 0.3) is 22.9 Å². The van der Waals surface area contributed by atoms with Crippen LogP contribution < -0.4 is 10.5 Å². The molecule has 2 aliphatic rings. The van der Waals surface area contributed by atoms with Crippen molar-refractivity contribution in [1.82, 2.24) is 19.5 Å². The van der Waals surface area contributed by atoms with E-state index in [9.17, 15) is 0 Å². The number of anilines is 1. The Morgan fingerprint density at radius 2 is 1.89 bits per heavy atom. The number of aromatic nitrogens is 4. The van der Waals surface area contributed by atoms with Crippen LogP contribution in [0.15, 0.2) is 30.6 Å². The van der Waals surface area contributed by atoms with Crippen molar-refractivity contribution in [2.75, 3.05) is 12.8 Å². The van der Waals surface area contributed by atoms with Gasteiger partial charge in [0.1, 0.15) is 5.75 Å². The molecule has 0 fully saturated rings. The standard InChI is InChI=1S/C13H13N5O/c1-18-7-15-11(14)10-13(18)17-12(16-10)8-3-5-9(19-2)6-4-8/h3-7H,14H2,1-2H3. The Bertz CT molecular complexity index is 653. The second-order valence-electron chi connectivity index (χ2n) is 4.19. The lowest BCUT2D eigenvalue weighted by molar-refractivity contribution is 0.415. The number of benzene rings is 1. The predicted octanol–water partition coefficient (Wildman–Crippen LogP) is 1.57. The summed E-state index contributed by atoms with van der Waals surface area (Å²) in [7, 11) is 3.50. The normalized spacial score (nSPS) is 10.8. The van der Waals surface area contributed by atoms with Crippen molar-refractivity contribution in [2.24, 2.45) is 7.05 Å². The summed E-state index contributed by atoms with van der Waals surface area (Å²) >= 11 is 0. The number of fused-ring (bicyclic) bond motifs is 1. The van der Waals surface area contributed by atoms with E-state index in [2.05, 4.69) is 15.0 Å². The molecular weight excluding hydrogens is 242 g/mol. The van der Waals surface area contributed by atoms with Gasteiger partial charge in [-0.2, -0.15) is 0 Å². The highest BCUT2D eigenvalue weighted by Gasteiger charge is 2.17. The molecule has 0 saturated heterocycles. The lowest BCUT2D eigenvalue weighted by Gasteiger charge is -2.03. The van der Waals surface area contributed by atoms with E-state index in [1.807, 2.05) is 31.3 Å². The Morgan fingerprint density at radius 1 is 1.16 bits per heavy atom. The van der Waals surface area contributed by atoms with Crippen LogP contribution >= 0.6 is 0 Å². The zero-order valence-corrected chi connectivity index (χ0v) is 10.7. The molecule has 0 saturated carbocycles. The van der Waals surface area contributed by atoms with Gasteiger partial charge in [-0.25, -0.2) is 15.0 Å². The van der Waals surface area contributed by atoms with Gasteiger partial charge in [0.15, 0.2) is 23.2 Å². The summed E-state index contributed by atoms with van der Waals surface area (Å²) in [5.41, 5.74) is 7.35. The molecule has 96 valence electrons. The third-order valence-electron chi connectivity index (χ3n) is 2.94. The number of hydrogen-bond donors (Lipinski definition) is 1. The van der Waals surface area contributed by atoms with Gasteiger partial charge >= 0.3 is 0 Å². The highest BCUT2D eigenvalue weighted by Crippen LogP contribution is 2.28. The Kier molecular flexibility index (Phi) is 2.56. The van der Waals surface area contributed by atoms with Gasteiger partial charge in [0.05, 0.1) is 13.4 Å². The highest BCUT2D eigenvalue weighted by molar-refractivity contribution is 5.71. The molecule has 0 atom stereocenters. The number of rotatable bonds is 2. The summed E-state index contributed by atoms with van der Waals surface area (Å²) in [5.74, 6) is 2.54. The molecule has 6 heteroatoms. The summed E-state index contributed by atoms with van der Waals surface area (Å²) in [6.07, 6.45) is 1.63. The molecule has 0 amide bonds. The molecule has 0 bridgehead atoms. The Hall–Kier alpha value is -2.63. The van der Waals surface area contributed by atoms with Gasteiger partial charge < -0.3 is 15.0 Å². The molecule has 6 nitrogen and oxygen atoms in total. The Morgan fingerprint density at radius 3 is 2.53 bits per heavy atom. The fourth-order valence-electron chi connectivity index (χ4n) is 1.89. The van der Waals surface area contributed by atoms with E-state index in [4.69, 9.17) is 10.5 Å². The number of methoxy groups -OCH3 is 1. The number of nitrogen functional groups attached to an aromatic ring is 1. The minimum atomic E-state index is 0.389. The van der Waals surface area contributed by atoms with Gasteiger partial charge in [-0.15, -0.1) is 0 Å². The molecule has 3 rings (SSSR count). The fourth-order valence-corrected chi connectivity index (χ4v) is 1.89. The van der Waals surface area contributed by atoms with Gasteiger partial charge in [-0.05, 0) is 24.3 Å². The summed E-state index contributed by atoms with van der Waals surface area (Å²) in [6.45, 7) is 0. The van der Waals surface area contributed by atoms with Crippen molar-refractivity contribution in [2.45, 2.75) is 0 Å². The third-order valence-corrected chi connectivity index (χ3v) is 2.94. The van der Waals surface area contributed by atoms with E-state index in [1.165, 1.54) is 0 Å². The maximum Gasteiger partial charge on any atom is 0.165 e. The number of nitrogens with zero attached hydrogens (tertiary/aromatic N) is 4. The van der Waals surface area contributed by atoms with Gasteiger partial charge in [0, 0.05) is 12.6 Å². The summed E-state index contributed by atoms with van der Waals surface area (Å²) in [5, 5.41) is 0. The summed E-state index contributed by atoms with van der Waals surface area (Å²) in [6, 6.07) is 7.57. The zero-order chi connectivity index (χ0) is 13.4. The lowest BCUT2D eigenvalue weighted by Crippen LogP contribution is -2.03. The van der Waals surface area contributed by atoms with Crippen LogP contribution in [0.4, 0.5) is 5.82 Å². The van der Waals surface area contributed by atoms with E-state index >= 15 is 0 Å². The van der Waals surface area contributed by atoms with Crippen LogP contribution in [0.1, 0.15) is 0 Å². The molecular formula is C13H13N5O. The molecule has 0 aliphatic carbocycles. The van der Waals surface area contributed by atoms with Crippen molar-refractivity contribution in [3.05, 3.63) is 30.6 Å². The smallest absolute Gasteiger partial charge is 0.165 e. The van der Waals surface area contributed by atoms with Crippen molar-refractivity contribution >= 4 is 5.82 Å². The average molecular weight is 255 g/mol. The zero-order valence-electron chi connectivity index (χ0n) is 10.7. The summed E-state index contributed by atoms with van der Waals surface area (Å²) < 4.78 is 6.92. The van der Waals surface area contributed by atoms with Crippen LogP contribution in [0.3, 0.4) is 0 Å². The molecule has 2 aliphatic heterocycles. The monoisotopic (exact) mass is 255 g/mol. The van der Waals surface area contributed by atoms with E-state index in [0.717, 1.165) is 17.1 Å². The first kappa shape index (κ1) is 11.5. The first-order valence-corrected chi connectivity index (χ1v) is 5.78. The Balaban J connectivity index is 2.12. The number of aryl methyl sites for hydroxylation is 1. The predicted molar refractivity (Wildman–Crippen MR) is 71.8 cm³/mol. The van der Waals surface area contributed by atoms with Gasteiger partial charge in [0.25, 0.3) is 0 Å². The number of ether oxygens (including phenoxy) is 1. The minimum absolute atomic E-state index is 0.389. The maximum absolute atomic E-state index is 5.82. The lowest BCUT2D eigenvalue weighted by atomic mass is 10.2. The van der Waals surface area contributed by atoms with E-state index < -0.39 is 0 Å². The fraction of sp³-hybridized carbons (Fsp3) is 0.154. The van der Waals surface area contributed by atoms with Crippen LogP contribution in [-0.4, -0.2) is 26.6 Å². The van der Waals surface area contributed by atoms with E-state index in [-0.39, 0.29) is 0 Å². The van der Waals surface area contributed by atoms with E-state index in [1.54, 1.807) is 18.0 Å². The first-order valence-electron chi connectivity index (χ1n) is 5.78. The molecule has 1 aromatic rings. The summed E-state index contributed by atoms with van der Waals surface area (Å²) in [4.78, 5) is 13.0. The number of nitrogens with two attached hydrogens (primary N) is 1. The number of imidazole rings is 1. The van der Waals surface area contributed by atoms with Crippen molar-refractivity contribution in [3.63, 3.8) is 0 Å². The van der Waals surface area contributed by atoms with Gasteiger partial charge in [-0.3, -0.25) is 0 Å². The highest BCUT2D eigenvalue weighted by atomic mass is 16.5. The van der Waals surface area contributed by atoms with Crippen LogP contribution in [0.5, 0.6) is 5.75 Å². The molecule has 1 aromatic carbocycles. The molecule has 0 radical (unpaired) electrons. The van der Waals surface area contributed by atoms with Crippen LogP contribution in [0, 0.1) is 0 Å². The molecule has 2 heterocycles. The Labute approximate surface area is 110 Å². The molecule has 0 spiro atoms. The first-order chi connectivity index (χ1) is 9.19. The second-order valence-corrected chi connectivity index (χ2v) is 4.19. The SMILES string of the molecule is COc1ccc(-c2nc3c(N)ncn(C)c-3n2)cc1. The average Bonchev–Trinajstić information content (AvgIpc) is 2.89. The quantitative estimate of drug-likeness (QED) is 0.752. The van der Waals surface area contributed by atoms with Crippen molar-refractivity contribution in [3.8, 4) is 28.7 Å². The largest absolute Gasteiger partial charge is 0.497 e. The van der Waals surface area contributed by atoms with Crippen molar-refractivity contribution in [1.29, 1.82) is 0 Å². The topological polar surface area (TPSA) is 78.9 Å². The van der Waals surface area contributed by atoms with Gasteiger partial charge in [-0.1, -0.05) is 0 Å². The molecule has 0 aromatic heterocycles. The number of hydrogen-bond acceptors (Lipinski definition) is 5. The molecule has 0 unspecified atom stereocenters. The minimum Gasteiger partial charge on any atom is -0.497 e. The molecule has 19 heavy (non-hydrogen) atoms. The maximum atomic E-state index is 5.82. The second kappa shape index (κ2) is 4.24. The van der Waals surface area contributed by atoms with Crippen LogP contribution in [-0.2, 0) is 7.05 Å². The molecule has 2 N–H and O–H groups in total. The van der Waals surface area contributed by atoms with Gasteiger partial charge in [0.2, 0.25) is 0 Å². The van der Waals surface area contributed by atoms with Crippen molar-refractivity contribution < 1.29 is 4.74 Å².